The number of aromatic carboxylic acids is 1. The van der Waals surface area contributed by atoms with Crippen LogP contribution in [0, 0.1) is 0 Å². The maximum atomic E-state index is 10.9. The van der Waals surface area contributed by atoms with Crippen molar-refractivity contribution < 1.29 is 9.90 Å². The van der Waals surface area contributed by atoms with Crippen molar-refractivity contribution in [2.45, 2.75) is 26.2 Å². The molecule has 0 aliphatic heterocycles. The molecule has 1 aromatic rings. The van der Waals surface area contributed by atoms with Gasteiger partial charge in [-0.05, 0) is 18.9 Å². The lowest BCUT2D eigenvalue weighted by molar-refractivity contribution is 0.0695. The monoisotopic (exact) mass is 213 g/mol. The molecule has 0 saturated heterocycles. The summed E-state index contributed by atoms with van der Waals surface area (Å²) in [7, 11) is 0. The van der Waals surface area contributed by atoms with Crippen LogP contribution in [0.1, 0.15) is 35.7 Å². The van der Waals surface area contributed by atoms with Gasteiger partial charge >= 0.3 is 5.97 Å². The number of aromatic nitrogens is 1. The van der Waals surface area contributed by atoms with Gasteiger partial charge in [-0.15, -0.1) is 0 Å². The van der Waals surface area contributed by atoms with Gasteiger partial charge in [-0.1, -0.05) is 24.9 Å². The molecule has 0 atom stereocenters. The second kappa shape index (κ2) is 4.96. The molecule has 1 N–H and O–H groups in total. The van der Waals surface area contributed by atoms with Crippen LogP contribution in [-0.2, 0) is 6.42 Å². The smallest absolute Gasteiger partial charge is 0.336 e. The van der Waals surface area contributed by atoms with E-state index in [0.717, 1.165) is 12.8 Å². The van der Waals surface area contributed by atoms with E-state index in [1.165, 1.54) is 12.3 Å². The van der Waals surface area contributed by atoms with Crippen LogP contribution >= 0.6 is 11.6 Å². The van der Waals surface area contributed by atoms with Gasteiger partial charge in [0.2, 0.25) is 0 Å². The SMILES string of the molecule is CCCCc1c(C(=O)O)ccnc1Cl. The second-order valence-electron chi connectivity index (χ2n) is 3.04. The molecule has 14 heavy (non-hydrogen) atoms. The maximum Gasteiger partial charge on any atom is 0.336 e. The van der Waals surface area contributed by atoms with E-state index in [2.05, 4.69) is 4.98 Å². The van der Waals surface area contributed by atoms with Crippen molar-refractivity contribution >= 4 is 17.6 Å². The molecule has 3 nitrogen and oxygen atoms in total. The summed E-state index contributed by atoms with van der Waals surface area (Å²) in [6.07, 6.45) is 4.02. The van der Waals surface area contributed by atoms with Gasteiger partial charge in [0.25, 0.3) is 0 Å². The first-order valence-corrected chi connectivity index (χ1v) is 4.91. The average Bonchev–Trinajstić information content (AvgIpc) is 2.15. The summed E-state index contributed by atoms with van der Waals surface area (Å²) in [5, 5.41) is 9.21. The van der Waals surface area contributed by atoms with E-state index in [-0.39, 0.29) is 5.56 Å². The number of rotatable bonds is 4. The summed E-state index contributed by atoms with van der Waals surface area (Å²) in [4.78, 5) is 14.7. The number of unbranched alkanes of at least 4 members (excludes halogenated alkanes) is 1. The first-order chi connectivity index (χ1) is 6.66. The molecule has 0 unspecified atom stereocenters. The third-order valence-corrected chi connectivity index (χ3v) is 2.34. The lowest BCUT2D eigenvalue weighted by Crippen LogP contribution is -2.04. The molecule has 0 aromatic carbocycles. The van der Waals surface area contributed by atoms with Crippen LogP contribution in [-0.4, -0.2) is 16.1 Å². The summed E-state index contributed by atoms with van der Waals surface area (Å²) in [5.41, 5.74) is 0.905. The molecule has 4 heteroatoms. The third kappa shape index (κ3) is 2.45. The van der Waals surface area contributed by atoms with Crippen LogP contribution in [0.15, 0.2) is 12.3 Å². The Balaban J connectivity index is 3.02. The number of carboxylic acid groups (broad SMARTS) is 1. The third-order valence-electron chi connectivity index (χ3n) is 2.01. The first kappa shape index (κ1) is 11.0. The largest absolute Gasteiger partial charge is 0.478 e. The molecule has 1 heterocycles. The Kier molecular flexibility index (Phi) is 3.89. The van der Waals surface area contributed by atoms with Gasteiger partial charge < -0.3 is 5.11 Å². The van der Waals surface area contributed by atoms with Gasteiger partial charge in [-0.25, -0.2) is 9.78 Å². The predicted octanol–water partition coefficient (Wildman–Crippen LogP) is 2.78. The fraction of sp³-hybridized carbons (Fsp3) is 0.400. The lowest BCUT2D eigenvalue weighted by atomic mass is 10.1. The highest BCUT2D eigenvalue weighted by molar-refractivity contribution is 6.30. The Hall–Kier alpha value is -1.09. The van der Waals surface area contributed by atoms with Gasteiger partial charge in [0.15, 0.2) is 0 Å². The zero-order chi connectivity index (χ0) is 10.6. The quantitative estimate of drug-likeness (QED) is 0.783. The number of nitrogens with zero attached hydrogens (tertiary/aromatic N) is 1. The minimum atomic E-state index is -0.944. The highest BCUT2D eigenvalue weighted by Gasteiger charge is 2.12. The van der Waals surface area contributed by atoms with Gasteiger partial charge in [0.1, 0.15) is 5.15 Å². The topological polar surface area (TPSA) is 50.2 Å². The molecule has 0 bridgehead atoms. The molecule has 0 radical (unpaired) electrons. The van der Waals surface area contributed by atoms with Crippen molar-refractivity contribution in [3.05, 3.63) is 28.5 Å². The van der Waals surface area contributed by atoms with Crippen molar-refractivity contribution in [3.8, 4) is 0 Å². The molecule has 1 aromatic heterocycles. The van der Waals surface area contributed by atoms with Crippen LogP contribution in [0.4, 0.5) is 0 Å². The summed E-state index contributed by atoms with van der Waals surface area (Å²) in [6, 6.07) is 1.49. The summed E-state index contributed by atoms with van der Waals surface area (Å²) in [6.45, 7) is 2.05. The van der Waals surface area contributed by atoms with Gasteiger partial charge in [-0.3, -0.25) is 0 Å². The molecule has 0 aliphatic rings. The highest BCUT2D eigenvalue weighted by Crippen LogP contribution is 2.19. The van der Waals surface area contributed by atoms with Crippen molar-refractivity contribution in [2.24, 2.45) is 0 Å². The fourth-order valence-electron chi connectivity index (χ4n) is 1.26. The molecule has 0 spiro atoms. The average molecular weight is 214 g/mol. The summed E-state index contributed by atoms with van der Waals surface area (Å²) in [5.74, 6) is -0.944. The number of halogens is 1. The number of carboxylic acids is 1. The van der Waals surface area contributed by atoms with Crippen LogP contribution in [0.5, 0.6) is 0 Å². The van der Waals surface area contributed by atoms with Gasteiger partial charge in [0.05, 0.1) is 5.56 Å². The number of hydrogen-bond acceptors (Lipinski definition) is 2. The molecular weight excluding hydrogens is 202 g/mol. The van der Waals surface area contributed by atoms with E-state index in [9.17, 15) is 4.79 Å². The Bertz CT molecular complexity index is 339. The molecular formula is C10H12ClNO2. The Labute approximate surface area is 87.7 Å². The van der Waals surface area contributed by atoms with E-state index >= 15 is 0 Å². The number of hydrogen-bond donors (Lipinski definition) is 1. The molecule has 76 valence electrons. The molecule has 0 aliphatic carbocycles. The van der Waals surface area contributed by atoms with Gasteiger partial charge in [0, 0.05) is 11.8 Å². The van der Waals surface area contributed by atoms with Crippen molar-refractivity contribution in [1.29, 1.82) is 0 Å². The van der Waals surface area contributed by atoms with Crippen LogP contribution in [0.3, 0.4) is 0 Å². The number of pyridine rings is 1. The van der Waals surface area contributed by atoms with E-state index < -0.39 is 5.97 Å². The zero-order valence-electron chi connectivity index (χ0n) is 7.96. The van der Waals surface area contributed by atoms with Crippen LogP contribution < -0.4 is 0 Å². The Morgan fingerprint density at radius 3 is 2.93 bits per heavy atom. The first-order valence-electron chi connectivity index (χ1n) is 4.53. The van der Waals surface area contributed by atoms with Crippen LogP contribution in [0.2, 0.25) is 5.15 Å². The molecule has 0 saturated carbocycles. The molecule has 0 fully saturated rings. The minimum Gasteiger partial charge on any atom is -0.478 e. The van der Waals surface area contributed by atoms with Gasteiger partial charge in [-0.2, -0.15) is 0 Å². The van der Waals surface area contributed by atoms with E-state index in [4.69, 9.17) is 16.7 Å². The molecule has 1 rings (SSSR count). The van der Waals surface area contributed by atoms with E-state index in [1.807, 2.05) is 6.92 Å². The van der Waals surface area contributed by atoms with Crippen molar-refractivity contribution in [2.75, 3.05) is 0 Å². The fourth-order valence-corrected chi connectivity index (χ4v) is 1.51. The lowest BCUT2D eigenvalue weighted by Gasteiger charge is -2.06. The normalized spacial score (nSPS) is 10.1. The summed E-state index contributed by atoms with van der Waals surface area (Å²) < 4.78 is 0. The highest BCUT2D eigenvalue weighted by atomic mass is 35.5. The molecule has 0 amide bonds. The van der Waals surface area contributed by atoms with Crippen molar-refractivity contribution in [3.63, 3.8) is 0 Å². The summed E-state index contributed by atoms with van der Waals surface area (Å²) >= 11 is 5.83. The van der Waals surface area contributed by atoms with E-state index in [1.54, 1.807) is 0 Å². The standard InChI is InChI=1S/C10H12ClNO2/c1-2-3-4-7-8(10(13)14)5-6-12-9(7)11/h5-6H,2-4H2,1H3,(H,13,14). The van der Waals surface area contributed by atoms with Crippen LogP contribution in [0.25, 0.3) is 0 Å². The Morgan fingerprint density at radius 1 is 1.64 bits per heavy atom. The number of carbonyl (C=O) groups is 1. The maximum absolute atomic E-state index is 10.9. The minimum absolute atomic E-state index is 0.262. The Morgan fingerprint density at radius 2 is 2.36 bits per heavy atom. The second-order valence-corrected chi connectivity index (χ2v) is 3.39. The van der Waals surface area contributed by atoms with Crippen molar-refractivity contribution in [1.82, 2.24) is 4.98 Å². The van der Waals surface area contributed by atoms with E-state index in [0.29, 0.717) is 17.1 Å². The zero-order valence-corrected chi connectivity index (χ0v) is 8.71. The predicted molar refractivity (Wildman–Crippen MR) is 54.8 cm³/mol.